The first-order chi connectivity index (χ1) is 7.81. The minimum absolute atomic E-state index is 0.235. The SMILES string of the molecule is Fc1ccc2nc(NCCC3CC3)[nH]c2c1. The largest absolute Gasteiger partial charge is 0.356 e. The van der Waals surface area contributed by atoms with Gasteiger partial charge >= 0.3 is 0 Å². The van der Waals surface area contributed by atoms with E-state index in [1.165, 1.54) is 31.4 Å². The predicted molar refractivity (Wildman–Crippen MR) is 61.9 cm³/mol. The van der Waals surface area contributed by atoms with Crippen molar-refractivity contribution in [2.45, 2.75) is 19.3 Å². The molecule has 0 atom stereocenters. The highest BCUT2D eigenvalue weighted by Crippen LogP contribution is 2.32. The number of halogens is 1. The molecular weight excluding hydrogens is 205 g/mol. The van der Waals surface area contributed by atoms with Crippen LogP contribution in [0, 0.1) is 11.7 Å². The van der Waals surface area contributed by atoms with Crippen LogP contribution in [0.25, 0.3) is 11.0 Å². The highest BCUT2D eigenvalue weighted by Gasteiger charge is 2.20. The maximum Gasteiger partial charge on any atom is 0.201 e. The summed E-state index contributed by atoms with van der Waals surface area (Å²) in [5.74, 6) is 1.41. The number of hydrogen-bond donors (Lipinski definition) is 2. The lowest BCUT2D eigenvalue weighted by atomic mass is 10.3. The molecule has 4 heteroatoms. The Kier molecular flexibility index (Phi) is 2.27. The molecule has 0 radical (unpaired) electrons. The number of imidazole rings is 1. The number of aromatic amines is 1. The van der Waals surface area contributed by atoms with Crippen LogP contribution in [0.3, 0.4) is 0 Å². The first-order valence-electron chi connectivity index (χ1n) is 5.70. The van der Waals surface area contributed by atoms with E-state index in [1.807, 2.05) is 0 Å². The van der Waals surface area contributed by atoms with Crippen LogP contribution >= 0.6 is 0 Å². The number of hydrogen-bond acceptors (Lipinski definition) is 2. The van der Waals surface area contributed by atoms with E-state index < -0.39 is 0 Å². The highest BCUT2D eigenvalue weighted by molar-refractivity contribution is 5.77. The summed E-state index contributed by atoms with van der Waals surface area (Å²) in [4.78, 5) is 7.41. The molecule has 2 aromatic rings. The lowest BCUT2D eigenvalue weighted by Crippen LogP contribution is -2.03. The Morgan fingerprint density at radius 1 is 1.44 bits per heavy atom. The molecule has 1 saturated carbocycles. The Hall–Kier alpha value is -1.58. The second-order valence-electron chi connectivity index (χ2n) is 4.41. The summed E-state index contributed by atoms with van der Waals surface area (Å²) < 4.78 is 12.9. The number of benzene rings is 1. The van der Waals surface area contributed by atoms with Gasteiger partial charge in [0.05, 0.1) is 11.0 Å². The smallest absolute Gasteiger partial charge is 0.201 e. The molecule has 1 fully saturated rings. The normalized spacial score (nSPS) is 15.6. The Morgan fingerprint density at radius 3 is 3.12 bits per heavy atom. The van der Waals surface area contributed by atoms with Gasteiger partial charge in [0.15, 0.2) is 0 Å². The third-order valence-electron chi connectivity index (χ3n) is 2.99. The zero-order valence-corrected chi connectivity index (χ0v) is 8.96. The van der Waals surface area contributed by atoms with Crippen LogP contribution in [0.2, 0.25) is 0 Å². The summed E-state index contributed by atoms with van der Waals surface area (Å²) in [6.07, 6.45) is 3.94. The number of nitrogens with one attached hydrogen (secondary N) is 2. The highest BCUT2D eigenvalue weighted by atomic mass is 19.1. The first-order valence-corrected chi connectivity index (χ1v) is 5.70. The first kappa shape index (κ1) is 9.63. The molecular formula is C12H14FN3. The molecule has 1 aromatic carbocycles. The summed E-state index contributed by atoms with van der Waals surface area (Å²) in [5.41, 5.74) is 1.55. The number of anilines is 1. The molecule has 3 rings (SSSR count). The van der Waals surface area contributed by atoms with Gasteiger partial charge in [-0.15, -0.1) is 0 Å². The van der Waals surface area contributed by atoms with Crippen molar-refractivity contribution in [3.05, 3.63) is 24.0 Å². The molecule has 0 unspecified atom stereocenters. The predicted octanol–water partition coefficient (Wildman–Crippen LogP) is 2.91. The average molecular weight is 219 g/mol. The van der Waals surface area contributed by atoms with Crippen molar-refractivity contribution in [2.75, 3.05) is 11.9 Å². The lowest BCUT2D eigenvalue weighted by Gasteiger charge is -1.99. The molecule has 16 heavy (non-hydrogen) atoms. The Labute approximate surface area is 93.1 Å². The molecule has 0 spiro atoms. The van der Waals surface area contributed by atoms with Crippen LogP contribution in [0.1, 0.15) is 19.3 Å². The van der Waals surface area contributed by atoms with Gasteiger partial charge in [0.2, 0.25) is 5.95 Å². The van der Waals surface area contributed by atoms with Gasteiger partial charge in [-0.1, -0.05) is 12.8 Å². The molecule has 3 nitrogen and oxygen atoms in total. The summed E-state index contributed by atoms with van der Waals surface area (Å²) in [6, 6.07) is 4.58. The van der Waals surface area contributed by atoms with Crippen molar-refractivity contribution >= 4 is 17.0 Å². The van der Waals surface area contributed by atoms with Gasteiger partial charge in [0.25, 0.3) is 0 Å². The van der Waals surface area contributed by atoms with Crippen LogP contribution in [0.5, 0.6) is 0 Å². The lowest BCUT2D eigenvalue weighted by molar-refractivity contribution is 0.629. The molecule has 1 aliphatic carbocycles. The van der Waals surface area contributed by atoms with Gasteiger partial charge in [-0.3, -0.25) is 0 Å². The maximum absolute atomic E-state index is 12.9. The second-order valence-corrected chi connectivity index (χ2v) is 4.41. The molecule has 84 valence electrons. The maximum atomic E-state index is 12.9. The molecule has 2 N–H and O–H groups in total. The molecule has 0 bridgehead atoms. The van der Waals surface area contributed by atoms with E-state index in [4.69, 9.17) is 0 Å². The molecule has 1 aliphatic rings. The zero-order valence-electron chi connectivity index (χ0n) is 8.96. The monoisotopic (exact) mass is 219 g/mol. The van der Waals surface area contributed by atoms with Crippen LogP contribution in [-0.2, 0) is 0 Å². The number of aromatic nitrogens is 2. The third kappa shape index (κ3) is 2.01. The van der Waals surface area contributed by atoms with Crippen LogP contribution in [0.15, 0.2) is 18.2 Å². The van der Waals surface area contributed by atoms with E-state index in [1.54, 1.807) is 6.07 Å². The van der Waals surface area contributed by atoms with Gasteiger partial charge in [0, 0.05) is 6.54 Å². The number of fused-ring (bicyclic) bond motifs is 1. The van der Waals surface area contributed by atoms with Crippen molar-refractivity contribution in [1.29, 1.82) is 0 Å². The number of H-pyrrole nitrogens is 1. The van der Waals surface area contributed by atoms with E-state index in [0.717, 1.165) is 29.4 Å². The van der Waals surface area contributed by atoms with E-state index in [-0.39, 0.29) is 5.82 Å². The summed E-state index contributed by atoms with van der Waals surface area (Å²) in [7, 11) is 0. The minimum Gasteiger partial charge on any atom is -0.356 e. The van der Waals surface area contributed by atoms with E-state index in [0.29, 0.717) is 0 Å². The van der Waals surface area contributed by atoms with Crippen LogP contribution in [-0.4, -0.2) is 16.5 Å². The molecule has 0 amide bonds. The summed E-state index contributed by atoms with van der Waals surface area (Å²) in [5, 5.41) is 3.24. The molecule has 1 aromatic heterocycles. The summed E-state index contributed by atoms with van der Waals surface area (Å²) in [6.45, 7) is 0.937. The Morgan fingerprint density at radius 2 is 2.31 bits per heavy atom. The van der Waals surface area contributed by atoms with Crippen molar-refractivity contribution in [3.8, 4) is 0 Å². The van der Waals surface area contributed by atoms with Crippen molar-refractivity contribution in [2.24, 2.45) is 5.92 Å². The molecule has 0 aliphatic heterocycles. The second kappa shape index (κ2) is 3.77. The minimum atomic E-state index is -0.235. The van der Waals surface area contributed by atoms with Gasteiger partial charge in [-0.25, -0.2) is 9.37 Å². The van der Waals surface area contributed by atoms with Crippen molar-refractivity contribution < 1.29 is 4.39 Å². The fourth-order valence-electron chi connectivity index (χ4n) is 1.87. The fourth-order valence-corrected chi connectivity index (χ4v) is 1.87. The molecule has 1 heterocycles. The van der Waals surface area contributed by atoms with Crippen molar-refractivity contribution in [3.63, 3.8) is 0 Å². The van der Waals surface area contributed by atoms with Crippen molar-refractivity contribution in [1.82, 2.24) is 9.97 Å². The third-order valence-corrected chi connectivity index (χ3v) is 2.99. The van der Waals surface area contributed by atoms with Gasteiger partial charge < -0.3 is 10.3 Å². The number of nitrogens with zero attached hydrogens (tertiary/aromatic N) is 1. The Balaban J connectivity index is 1.71. The van der Waals surface area contributed by atoms with E-state index >= 15 is 0 Å². The van der Waals surface area contributed by atoms with Crippen LogP contribution < -0.4 is 5.32 Å². The van der Waals surface area contributed by atoms with E-state index in [9.17, 15) is 4.39 Å². The zero-order chi connectivity index (χ0) is 11.0. The summed E-state index contributed by atoms with van der Waals surface area (Å²) >= 11 is 0. The fraction of sp³-hybridized carbons (Fsp3) is 0.417. The van der Waals surface area contributed by atoms with Gasteiger partial charge in [-0.2, -0.15) is 0 Å². The Bertz CT molecular complexity index is 502. The standard InChI is InChI=1S/C12H14FN3/c13-9-3-4-10-11(7-9)16-12(15-10)14-6-5-8-1-2-8/h3-4,7-8H,1-2,5-6H2,(H2,14,15,16). The van der Waals surface area contributed by atoms with Gasteiger partial charge in [-0.05, 0) is 30.5 Å². The van der Waals surface area contributed by atoms with Crippen LogP contribution in [0.4, 0.5) is 10.3 Å². The quantitative estimate of drug-likeness (QED) is 0.830. The number of rotatable bonds is 4. The topological polar surface area (TPSA) is 40.7 Å². The van der Waals surface area contributed by atoms with E-state index in [2.05, 4.69) is 15.3 Å². The van der Waals surface area contributed by atoms with Gasteiger partial charge in [0.1, 0.15) is 5.82 Å². The average Bonchev–Trinajstić information content (AvgIpc) is 2.98. The molecule has 0 saturated heterocycles.